The first kappa shape index (κ1) is 14.4. The van der Waals surface area contributed by atoms with Gasteiger partial charge in [0.15, 0.2) is 6.10 Å². The molecule has 0 aliphatic heterocycles. The van der Waals surface area contributed by atoms with Crippen molar-refractivity contribution in [3.63, 3.8) is 0 Å². The Morgan fingerprint density at radius 3 is 2.56 bits per heavy atom. The number of ether oxygens (including phenoxy) is 1. The average molecular weight is 250 g/mol. The largest absolute Gasteiger partial charge is 0.479 e. The van der Waals surface area contributed by atoms with Gasteiger partial charge in [0.05, 0.1) is 5.69 Å². The van der Waals surface area contributed by atoms with Crippen molar-refractivity contribution in [2.45, 2.75) is 46.3 Å². The lowest BCUT2D eigenvalue weighted by atomic mass is 10.1. The van der Waals surface area contributed by atoms with Gasteiger partial charge in [0.1, 0.15) is 5.75 Å². The third-order valence-corrected chi connectivity index (χ3v) is 2.59. The van der Waals surface area contributed by atoms with E-state index in [9.17, 15) is 4.79 Å². The van der Waals surface area contributed by atoms with Crippen LogP contribution in [0.3, 0.4) is 0 Å². The Morgan fingerprint density at radius 1 is 1.39 bits per heavy atom. The molecule has 1 aromatic carbocycles. The van der Waals surface area contributed by atoms with Crippen molar-refractivity contribution in [1.82, 2.24) is 5.32 Å². The van der Waals surface area contributed by atoms with Crippen LogP contribution in [0.1, 0.15) is 33.3 Å². The van der Waals surface area contributed by atoms with Crippen molar-refractivity contribution in [3.05, 3.63) is 23.8 Å². The second-order valence-electron chi connectivity index (χ2n) is 4.65. The molecular weight excluding hydrogens is 228 g/mol. The van der Waals surface area contributed by atoms with E-state index in [1.54, 1.807) is 6.92 Å². The van der Waals surface area contributed by atoms with Gasteiger partial charge in [-0.3, -0.25) is 4.79 Å². The fourth-order valence-corrected chi connectivity index (χ4v) is 1.57. The molecule has 1 atom stereocenters. The molecule has 3 N–H and O–H groups in total. The smallest absolute Gasteiger partial charge is 0.260 e. The summed E-state index contributed by atoms with van der Waals surface area (Å²) in [5.41, 5.74) is 7.61. The molecule has 0 bridgehead atoms. The molecule has 0 saturated heterocycles. The maximum Gasteiger partial charge on any atom is 0.260 e. The number of hydrogen-bond acceptors (Lipinski definition) is 3. The maximum atomic E-state index is 11.7. The van der Waals surface area contributed by atoms with Gasteiger partial charge in [0.2, 0.25) is 0 Å². The zero-order chi connectivity index (χ0) is 13.7. The van der Waals surface area contributed by atoms with Gasteiger partial charge in [-0.05, 0) is 44.9 Å². The molecule has 0 aliphatic rings. The Balaban J connectivity index is 2.69. The monoisotopic (exact) mass is 250 g/mol. The number of nitrogen functional groups attached to an aromatic ring is 1. The third kappa shape index (κ3) is 3.95. The Kier molecular flexibility index (Phi) is 5.01. The minimum atomic E-state index is -0.554. The first-order valence-electron chi connectivity index (χ1n) is 6.29. The number of hydrogen-bond donors (Lipinski definition) is 2. The molecule has 100 valence electrons. The molecule has 0 saturated carbocycles. The van der Waals surface area contributed by atoms with Crippen LogP contribution in [0.5, 0.6) is 5.75 Å². The maximum absolute atomic E-state index is 11.7. The standard InChI is InChI=1S/C14H22N2O2/c1-5-11-6-7-13(12(15)8-11)18-10(4)14(17)16-9(2)3/h6-10H,5,15H2,1-4H3,(H,16,17). The van der Waals surface area contributed by atoms with E-state index in [0.29, 0.717) is 11.4 Å². The topological polar surface area (TPSA) is 64.3 Å². The Labute approximate surface area is 109 Å². The van der Waals surface area contributed by atoms with E-state index in [2.05, 4.69) is 12.2 Å². The number of benzene rings is 1. The van der Waals surface area contributed by atoms with Crippen LogP contribution in [0.2, 0.25) is 0 Å². The second kappa shape index (κ2) is 6.28. The van der Waals surface area contributed by atoms with Gasteiger partial charge in [0, 0.05) is 6.04 Å². The molecule has 1 aromatic rings. The van der Waals surface area contributed by atoms with E-state index < -0.39 is 6.10 Å². The summed E-state index contributed by atoms with van der Waals surface area (Å²) < 4.78 is 5.57. The quantitative estimate of drug-likeness (QED) is 0.787. The number of nitrogens with one attached hydrogen (secondary N) is 1. The summed E-state index contributed by atoms with van der Waals surface area (Å²) in [6, 6.07) is 5.75. The fraction of sp³-hybridized carbons (Fsp3) is 0.500. The molecular formula is C14H22N2O2. The van der Waals surface area contributed by atoms with Crippen LogP contribution in [0.25, 0.3) is 0 Å². The fourth-order valence-electron chi connectivity index (χ4n) is 1.57. The molecule has 0 heterocycles. The summed E-state index contributed by atoms with van der Waals surface area (Å²) in [7, 11) is 0. The molecule has 0 fully saturated rings. The molecule has 18 heavy (non-hydrogen) atoms. The van der Waals surface area contributed by atoms with Crippen molar-refractivity contribution in [2.24, 2.45) is 0 Å². The predicted molar refractivity (Wildman–Crippen MR) is 73.6 cm³/mol. The highest BCUT2D eigenvalue weighted by Gasteiger charge is 2.16. The number of nitrogens with two attached hydrogens (primary N) is 1. The van der Waals surface area contributed by atoms with Gasteiger partial charge in [-0.2, -0.15) is 0 Å². The zero-order valence-corrected chi connectivity index (χ0v) is 11.5. The Morgan fingerprint density at radius 2 is 2.06 bits per heavy atom. The van der Waals surface area contributed by atoms with Gasteiger partial charge in [0.25, 0.3) is 5.91 Å². The molecule has 0 spiro atoms. The average Bonchev–Trinajstić information content (AvgIpc) is 2.30. The molecule has 1 amide bonds. The molecule has 4 heteroatoms. The number of amides is 1. The lowest BCUT2D eigenvalue weighted by molar-refractivity contribution is -0.127. The van der Waals surface area contributed by atoms with Crippen molar-refractivity contribution in [2.75, 3.05) is 5.73 Å². The number of anilines is 1. The van der Waals surface area contributed by atoms with Gasteiger partial charge in [-0.1, -0.05) is 13.0 Å². The Bertz CT molecular complexity index is 416. The van der Waals surface area contributed by atoms with E-state index in [0.717, 1.165) is 12.0 Å². The normalized spacial score (nSPS) is 12.3. The summed E-state index contributed by atoms with van der Waals surface area (Å²) in [6.07, 6.45) is 0.371. The minimum absolute atomic E-state index is 0.100. The first-order chi connectivity index (χ1) is 8.43. The minimum Gasteiger partial charge on any atom is -0.479 e. The van der Waals surface area contributed by atoms with Gasteiger partial charge in [-0.25, -0.2) is 0 Å². The van der Waals surface area contributed by atoms with Crippen LogP contribution >= 0.6 is 0 Å². The van der Waals surface area contributed by atoms with Gasteiger partial charge >= 0.3 is 0 Å². The molecule has 1 unspecified atom stereocenters. The second-order valence-corrected chi connectivity index (χ2v) is 4.65. The number of aryl methyl sites for hydroxylation is 1. The van der Waals surface area contributed by atoms with Crippen LogP contribution in [0.4, 0.5) is 5.69 Å². The van der Waals surface area contributed by atoms with Crippen LogP contribution in [0, 0.1) is 0 Å². The third-order valence-electron chi connectivity index (χ3n) is 2.59. The lowest BCUT2D eigenvalue weighted by Crippen LogP contribution is -2.40. The van der Waals surface area contributed by atoms with Crippen molar-refractivity contribution in [3.8, 4) is 5.75 Å². The van der Waals surface area contributed by atoms with E-state index in [4.69, 9.17) is 10.5 Å². The van der Waals surface area contributed by atoms with Gasteiger partial charge < -0.3 is 15.8 Å². The SMILES string of the molecule is CCc1ccc(OC(C)C(=O)NC(C)C)c(N)c1. The van der Waals surface area contributed by atoms with Crippen molar-refractivity contribution in [1.29, 1.82) is 0 Å². The summed E-state index contributed by atoms with van der Waals surface area (Å²) in [5, 5.41) is 2.80. The van der Waals surface area contributed by atoms with Crippen LogP contribution in [-0.4, -0.2) is 18.1 Å². The van der Waals surface area contributed by atoms with Gasteiger partial charge in [-0.15, -0.1) is 0 Å². The number of rotatable bonds is 5. The summed E-state index contributed by atoms with van der Waals surface area (Å²) in [6.45, 7) is 7.60. The van der Waals surface area contributed by atoms with Crippen LogP contribution < -0.4 is 15.8 Å². The molecule has 4 nitrogen and oxygen atoms in total. The molecule has 1 rings (SSSR count). The lowest BCUT2D eigenvalue weighted by Gasteiger charge is -2.17. The van der Waals surface area contributed by atoms with Crippen LogP contribution in [-0.2, 0) is 11.2 Å². The molecule has 0 aliphatic carbocycles. The highest BCUT2D eigenvalue weighted by Crippen LogP contribution is 2.23. The number of carbonyl (C=O) groups is 1. The highest BCUT2D eigenvalue weighted by molar-refractivity contribution is 5.81. The Hall–Kier alpha value is -1.71. The van der Waals surface area contributed by atoms with E-state index in [1.165, 1.54) is 0 Å². The van der Waals surface area contributed by atoms with Crippen molar-refractivity contribution >= 4 is 11.6 Å². The van der Waals surface area contributed by atoms with E-state index in [1.807, 2.05) is 32.0 Å². The summed E-state index contributed by atoms with van der Waals surface area (Å²) in [4.78, 5) is 11.7. The highest BCUT2D eigenvalue weighted by atomic mass is 16.5. The molecule has 0 aromatic heterocycles. The first-order valence-corrected chi connectivity index (χ1v) is 6.29. The van der Waals surface area contributed by atoms with E-state index in [-0.39, 0.29) is 11.9 Å². The number of carbonyl (C=O) groups excluding carboxylic acids is 1. The van der Waals surface area contributed by atoms with Crippen molar-refractivity contribution < 1.29 is 9.53 Å². The van der Waals surface area contributed by atoms with Crippen LogP contribution in [0.15, 0.2) is 18.2 Å². The van der Waals surface area contributed by atoms with E-state index >= 15 is 0 Å². The summed E-state index contributed by atoms with van der Waals surface area (Å²) in [5.74, 6) is 0.419. The zero-order valence-electron chi connectivity index (χ0n) is 11.5. The predicted octanol–water partition coefficient (Wildman–Crippen LogP) is 2.12. The molecule has 0 radical (unpaired) electrons. The summed E-state index contributed by atoms with van der Waals surface area (Å²) >= 11 is 0.